The number of hydrogen-bond acceptors (Lipinski definition) is 6. The van der Waals surface area contributed by atoms with Gasteiger partial charge in [-0.15, -0.1) is 0 Å². The number of nitrogens with zero attached hydrogens (tertiary/aromatic N) is 1. The Bertz CT molecular complexity index is 1110. The Labute approximate surface area is 170 Å². The molecule has 158 valence electrons. The minimum absolute atomic E-state index is 0.0299. The van der Waals surface area contributed by atoms with E-state index in [9.17, 15) is 21.6 Å². The highest BCUT2D eigenvalue weighted by molar-refractivity contribution is 7.92. The average molecular weight is 442 g/mol. The van der Waals surface area contributed by atoms with Gasteiger partial charge in [0.05, 0.1) is 30.5 Å². The molecule has 0 spiro atoms. The van der Waals surface area contributed by atoms with Crippen LogP contribution in [0.5, 0.6) is 5.75 Å². The summed E-state index contributed by atoms with van der Waals surface area (Å²) < 4.78 is 57.1. The minimum atomic E-state index is -3.97. The molecule has 0 saturated carbocycles. The summed E-state index contributed by atoms with van der Waals surface area (Å²) in [5.41, 5.74) is 0.972. The van der Waals surface area contributed by atoms with E-state index in [1.54, 1.807) is 37.3 Å². The Kier molecular flexibility index (Phi) is 6.88. The third-order valence-corrected chi connectivity index (χ3v) is 6.81. The summed E-state index contributed by atoms with van der Waals surface area (Å²) in [7, 11) is -4.78. The zero-order chi connectivity index (χ0) is 21.8. The molecule has 2 N–H and O–H groups in total. The molecule has 0 aliphatic rings. The molecule has 11 heteroatoms. The van der Waals surface area contributed by atoms with E-state index in [1.165, 1.54) is 26.3 Å². The van der Waals surface area contributed by atoms with Crippen LogP contribution in [-0.4, -0.2) is 54.0 Å². The zero-order valence-electron chi connectivity index (χ0n) is 16.5. The van der Waals surface area contributed by atoms with E-state index < -0.39 is 32.5 Å². The van der Waals surface area contributed by atoms with Crippen molar-refractivity contribution in [2.75, 3.05) is 37.0 Å². The van der Waals surface area contributed by atoms with E-state index >= 15 is 0 Å². The summed E-state index contributed by atoms with van der Waals surface area (Å²) in [6.07, 6.45) is 0.986. The number of rotatable bonds is 8. The average Bonchev–Trinajstić information content (AvgIpc) is 2.62. The molecule has 0 heterocycles. The number of para-hydroxylation sites is 2. The fourth-order valence-corrected chi connectivity index (χ4v) is 4.11. The van der Waals surface area contributed by atoms with Gasteiger partial charge in [-0.1, -0.05) is 18.2 Å². The molecule has 0 radical (unpaired) electrons. The van der Waals surface area contributed by atoms with Crippen LogP contribution in [0.4, 0.5) is 11.4 Å². The standard InChI is InChI=1S/C18H23N3O6S2/c1-13-9-10-14(19-18(22)12-21(2)28(4,23)24)11-17(13)29(25,26)20-15-7-5-6-8-16(15)27-3/h5-11,20H,12H2,1-4H3,(H,19,22). The first-order valence-corrected chi connectivity index (χ1v) is 11.7. The monoisotopic (exact) mass is 441 g/mol. The van der Waals surface area contributed by atoms with Gasteiger partial charge in [0.1, 0.15) is 5.75 Å². The zero-order valence-corrected chi connectivity index (χ0v) is 18.1. The number of benzene rings is 2. The fraction of sp³-hybridized carbons (Fsp3) is 0.278. The van der Waals surface area contributed by atoms with E-state index in [1.807, 2.05) is 0 Å². The number of nitrogens with one attached hydrogen (secondary N) is 2. The van der Waals surface area contributed by atoms with Crippen molar-refractivity contribution < 1.29 is 26.4 Å². The summed E-state index contributed by atoms with van der Waals surface area (Å²) >= 11 is 0. The predicted octanol–water partition coefficient (Wildman–Crippen LogP) is 1.63. The second kappa shape index (κ2) is 8.80. The highest BCUT2D eigenvalue weighted by atomic mass is 32.2. The van der Waals surface area contributed by atoms with E-state index in [0.29, 0.717) is 11.3 Å². The van der Waals surface area contributed by atoms with Gasteiger partial charge >= 0.3 is 0 Å². The molecule has 0 aliphatic carbocycles. The van der Waals surface area contributed by atoms with Crippen molar-refractivity contribution in [2.45, 2.75) is 11.8 Å². The van der Waals surface area contributed by atoms with E-state index in [2.05, 4.69) is 10.0 Å². The topological polar surface area (TPSA) is 122 Å². The Morgan fingerprint density at radius 1 is 1.10 bits per heavy atom. The molecule has 1 amide bonds. The lowest BCUT2D eigenvalue weighted by Gasteiger charge is -2.16. The van der Waals surface area contributed by atoms with Crippen molar-refractivity contribution in [3.05, 3.63) is 48.0 Å². The molecule has 9 nitrogen and oxygen atoms in total. The second-order valence-electron chi connectivity index (χ2n) is 6.35. The first-order valence-electron chi connectivity index (χ1n) is 8.41. The van der Waals surface area contributed by atoms with Crippen molar-refractivity contribution in [2.24, 2.45) is 0 Å². The van der Waals surface area contributed by atoms with Crippen LogP contribution in [0, 0.1) is 6.92 Å². The maximum atomic E-state index is 12.9. The van der Waals surface area contributed by atoms with Gasteiger partial charge < -0.3 is 10.1 Å². The number of anilines is 2. The van der Waals surface area contributed by atoms with Crippen LogP contribution in [-0.2, 0) is 24.8 Å². The normalized spacial score (nSPS) is 11.9. The first-order chi connectivity index (χ1) is 13.4. The molecule has 29 heavy (non-hydrogen) atoms. The van der Waals surface area contributed by atoms with Crippen molar-refractivity contribution in [1.82, 2.24) is 4.31 Å². The lowest BCUT2D eigenvalue weighted by atomic mass is 10.2. The Morgan fingerprint density at radius 3 is 2.38 bits per heavy atom. The maximum absolute atomic E-state index is 12.9. The number of carbonyl (C=O) groups is 1. The van der Waals surface area contributed by atoms with Gasteiger partial charge in [-0.05, 0) is 36.8 Å². The lowest BCUT2D eigenvalue weighted by Crippen LogP contribution is -2.34. The number of likely N-dealkylation sites (N-methyl/N-ethyl adjacent to an activating group) is 1. The number of hydrogen-bond donors (Lipinski definition) is 2. The van der Waals surface area contributed by atoms with Crippen LogP contribution in [0.15, 0.2) is 47.4 Å². The van der Waals surface area contributed by atoms with Crippen molar-refractivity contribution in [3.63, 3.8) is 0 Å². The van der Waals surface area contributed by atoms with Crippen LogP contribution >= 0.6 is 0 Å². The molecule has 0 aliphatic heterocycles. The second-order valence-corrected chi connectivity index (χ2v) is 10.1. The number of carbonyl (C=O) groups excluding carboxylic acids is 1. The summed E-state index contributed by atoms with van der Waals surface area (Å²) in [5, 5.41) is 2.51. The molecular weight excluding hydrogens is 418 g/mol. The van der Waals surface area contributed by atoms with E-state index in [0.717, 1.165) is 10.6 Å². The summed E-state index contributed by atoms with van der Waals surface area (Å²) in [6.45, 7) is 1.23. The van der Waals surface area contributed by atoms with Gasteiger partial charge in [0.2, 0.25) is 15.9 Å². The quantitative estimate of drug-likeness (QED) is 0.642. The first kappa shape index (κ1) is 22.7. The van der Waals surface area contributed by atoms with Gasteiger partial charge in [-0.2, -0.15) is 4.31 Å². The fourth-order valence-electron chi connectivity index (χ4n) is 2.42. The smallest absolute Gasteiger partial charge is 0.262 e. The minimum Gasteiger partial charge on any atom is -0.495 e. The van der Waals surface area contributed by atoms with Crippen LogP contribution in [0.1, 0.15) is 5.56 Å². The Hall–Kier alpha value is -2.63. The number of ether oxygens (including phenoxy) is 1. The molecule has 0 unspecified atom stereocenters. The van der Waals surface area contributed by atoms with Crippen LogP contribution in [0.3, 0.4) is 0 Å². The summed E-state index contributed by atoms with van der Waals surface area (Å²) in [4.78, 5) is 12.1. The van der Waals surface area contributed by atoms with Crippen molar-refractivity contribution in [3.8, 4) is 5.75 Å². The van der Waals surface area contributed by atoms with Gasteiger partial charge in [0, 0.05) is 12.7 Å². The van der Waals surface area contributed by atoms with E-state index in [-0.39, 0.29) is 16.3 Å². The summed E-state index contributed by atoms with van der Waals surface area (Å²) in [6, 6.07) is 11.0. The number of sulfonamides is 2. The number of aryl methyl sites for hydroxylation is 1. The highest BCUT2D eigenvalue weighted by Crippen LogP contribution is 2.28. The van der Waals surface area contributed by atoms with Gasteiger partial charge in [0.25, 0.3) is 10.0 Å². The maximum Gasteiger partial charge on any atom is 0.262 e. The largest absolute Gasteiger partial charge is 0.495 e. The van der Waals surface area contributed by atoms with E-state index in [4.69, 9.17) is 4.74 Å². The van der Waals surface area contributed by atoms with Gasteiger partial charge in [-0.25, -0.2) is 16.8 Å². The molecule has 2 aromatic carbocycles. The Balaban J connectivity index is 2.27. The SMILES string of the molecule is COc1ccccc1NS(=O)(=O)c1cc(NC(=O)CN(C)S(C)(=O)=O)ccc1C. The molecule has 2 rings (SSSR count). The predicted molar refractivity (Wildman–Crippen MR) is 111 cm³/mol. The van der Waals surface area contributed by atoms with Crippen LogP contribution in [0.2, 0.25) is 0 Å². The molecule has 2 aromatic rings. The molecule has 0 saturated heterocycles. The number of methoxy groups -OCH3 is 1. The third kappa shape index (κ3) is 5.92. The molecule has 0 aromatic heterocycles. The summed E-state index contributed by atoms with van der Waals surface area (Å²) in [5.74, 6) is -0.232. The lowest BCUT2D eigenvalue weighted by molar-refractivity contribution is -0.116. The molecular formula is C18H23N3O6S2. The molecule has 0 bridgehead atoms. The number of amides is 1. The van der Waals surface area contributed by atoms with Gasteiger partial charge in [-0.3, -0.25) is 9.52 Å². The molecule has 0 fully saturated rings. The van der Waals surface area contributed by atoms with Crippen molar-refractivity contribution in [1.29, 1.82) is 0 Å². The Morgan fingerprint density at radius 2 is 1.76 bits per heavy atom. The highest BCUT2D eigenvalue weighted by Gasteiger charge is 2.20. The van der Waals surface area contributed by atoms with Crippen LogP contribution in [0.25, 0.3) is 0 Å². The van der Waals surface area contributed by atoms with Gasteiger partial charge in [0.15, 0.2) is 0 Å². The molecule has 0 atom stereocenters. The third-order valence-electron chi connectivity index (χ3n) is 4.05. The van der Waals surface area contributed by atoms with Crippen molar-refractivity contribution >= 4 is 37.3 Å². The van der Waals surface area contributed by atoms with Crippen LogP contribution < -0.4 is 14.8 Å².